The van der Waals surface area contributed by atoms with Crippen molar-refractivity contribution < 1.29 is 87.3 Å². The van der Waals surface area contributed by atoms with E-state index in [1.54, 1.807) is 77.6 Å². The van der Waals surface area contributed by atoms with E-state index >= 15 is 43.9 Å². The van der Waals surface area contributed by atoms with Gasteiger partial charge in [0.2, 0.25) is 0 Å². The molecule has 0 atom stereocenters. The summed E-state index contributed by atoms with van der Waals surface area (Å²) >= 11 is 0. The minimum Gasteiger partial charge on any atom is -0.354 e. The lowest BCUT2D eigenvalue weighted by Gasteiger charge is -2.41. The van der Waals surface area contributed by atoms with Gasteiger partial charge in [0.1, 0.15) is 0 Å². The van der Waals surface area contributed by atoms with Crippen molar-refractivity contribution in [3.63, 3.8) is 0 Å². The Balaban J connectivity index is 1.40. The first-order valence-electron chi connectivity index (χ1n) is 22.0. The first kappa shape index (κ1) is 54.0. The number of halogens is 17. The summed E-state index contributed by atoms with van der Waals surface area (Å²) in [5, 5.41) is -7.66. The molecule has 2 N–H and O–H groups in total. The molecule has 3 aromatic heterocycles. The molecule has 0 spiro atoms. The summed E-state index contributed by atoms with van der Waals surface area (Å²) in [7, 11) is -8.20. The van der Waals surface area contributed by atoms with Gasteiger partial charge in [-0.2, -0.15) is 78.7 Å². The smallest absolute Gasteiger partial charge is 0.354 e. The summed E-state index contributed by atoms with van der Waals surface area (Å²) in [6.07, 6.45) is -10.4. The molecule has 25 heteroatoms. The van der Waals surface area contributed by atoms with Crippen LogP contribution in [-0.2, 0) is 20.9 Å². The van der Waals surface area contributed by atoms with Crippen LogP contribution in [0.2, 0.25) is 0 Å². The minimum atomic E-state index is -8.76. The zero-order valence-electron chi connectivity index (χ0n) is 38.0. The maximum Gasteiger partial charge on any atom is 0.464 e. The molecule has 0 fully saturated rings. The fourth-order valence-corrected chi connectivity index (χ4v) is 8.86. The van der Waals surface area contributed by atoms with Crippen LogP contribution in [0, 0.1) is 0 Å². The first-order valence-corrected chi connectivity index (χ1v) is 23.4. The Morgan fingerprint density at radius 2 is 0.753 bits per heavy atom. The zero-order valence-corrected chi connectivity index (χ0v) is 38.9. The van der Waals surface area contributed by atoms with Gasteiger partial charge in [0, 0.05) is 38.8 Å². The Kier molecular flexibility index (Phi) is 12.9. The number of nitrogens with one attached hydrogen (secondary N) is 2. The van der Waals surface area contributed by atoms with E-state index in [1.807, 2.05) is 0 Å². The van der Waals surface area contributed by atoms with E-state index in [0.717, 1.165) is 6.08 Å². The molecule has 7 aromatic rings. The number of hydrogen-bond acceptors (Lipinski definition) is 5. The molecule has 77 heavy (non-hydrogen) atoms. The summed E-state index contributed by atoms with van der Waals surface area (Å²) < 4.78 is 280. The molecule has 5 heterocycles. The first-order chi connectivity index (χ1) is 35.9. The topological polar surface area (TPSA) is 101 Å². The fourth-order valence-electron chi connectivity index (χ4n) is 8.54. The van der Waals surface area contributed by atoms with Crippen LogP contribution in [0.3, 0.4) is 0 Å². The lowest BCUT2D eigenvalue weighted by Crippen LogP contribution is -2.71. The van der Waals surface area contributed by atoms with Gasteiger partial charge in [0.25, 0.3) is 0 Å². The van der Waals surface area contributed by atoms with E-state index in [0.29, 0.717) is 22.4 Å². The van der Waals surface area contributed by atoms with Gasteiger partial charge in [0.15, 0.2) is 0 Å². The second-order valence-corrected chi connectivity index (χ2v) is 18.5. The summed E-state index contributed by atoms with van der Waals surface area (Å²) in [6, 6.07) is 33.1. The van der Waals surface area contributed by atoms with Crippen LogP contribution >= 0.6 is 0 Å². The minimum absolute atomic E-state index is 0.00533. The van der Waals surface area contributed by atoms with Gasteiger partial charge in [-0.1, -0.05) is 125 Å². The number of ether oxygens (including phenoxy) is 1. The Morgan fingerprint density at radius 1 is 0.390 bits per heavy atom. The molecule has 4 aromatic carbocycles. The van der Waals surface area contributed by atoms with E-state index in [2.05, 4.69) is 15.0 Å². The number of H-pyrrole nitrogens is 2. The quantitative estimate of drug-likeness (QED) is 0.0835. The van der Waals surface area contributed by atoms with Crippen LogP contribution in [0.4, 0.5) is 74.1 Å². The number of hydrogen-bond donors (Lipinski definition) is 2. The van der Waals surface area contributed by atoms with Crippen molar-refractivity contribution in [2.24, 2.45) is 0 Å². The number of aromatic amines is 2. The van der Waals surface area contributed by atoms with Crippen LogP contribution in [0.25, 0.3) is 90.9 Å². The van der Waals surface area contributed by atoms with Gasteiger partial charge in [-0.3, -0.25) is 0 Å². The predicted molar refractivity (Wildman–Crippen MR) is 250 cm³/mol. The van der Waals surface area contributed by atoms with E-state index in [9.17, 15) is 38.6 Å². The molecule has 8 bridgehead atoms. The van der Waals surface area contributed by atoms with Gasteiger partial charge < -0.3 is 9.97 Å². The molecule has 0 amide bonds. The number of rotatable bonds is 14. The van der Waals surface area contributed by atoms with Crippen molar-refractivity contribution in [3.8, 4) is 44.5 Å². The molecular formula is C52H29F17N4O3S. The van der Waals surface area contributed by atoms with Gasteiger partial charge >= 0.3 is 57.3 Å². The molecule has 0 aliphatic carbocycles. The highest BCUT2D eigenvalue weighted by Crippen LogP contribution is 2.64. The van der Waals surface area contributed by atoms with E-state index in [4.69, 9.17) is 4.98 Å². The number of benzene rings is 4. The standard InChI is InChI=1S/C52H29F17N4O3S/c53-45(54,46(55,56)47(57,58)48(59,60)49(61,62)50(63,64)76-51(65,66)52(67,68)77(69,74)75)32-27-39-42(30-17-9-3-10-18-30)37-24-23-35(71-37)40(28-13-5-1-6-14-28)33-21-22-34(70-33)41(29-15-7-2-8-16-29)36-25-26-38(72-36)43(44(32)73-39)31-19-11-4-12-20-31/h1-27,71,73H. The van der Waals surface area contributed by atoms with Crippen molar-refractivity contribution in [1.82, 2.24) is 19.9 Å². The fraction of sp³-hybridized carbons (Fsp3) is 0.154. The highest BCUT2D eigenvalue weighted by molar-refractivity contribution is 7.87. The van der Waals surface area contributed by atoms with Gasteiger partial charge in [-0.15, -0.1) is 0 Å². The summed E-state index contributed by atoms with van der Waals surface area (Å²) in [6.45, 7) is 0. The summed E-state index contributed by atoms with van der Waals surface area (Å²) in [5.41, 5.74) is -3.59. The Labute approximate surface area is 422 Å². The third-order valence-corrected chi connectivity index (χ3v) is 13.1. The van der Waals surface area contributed by atoms with E-state index < -0.39 is 85.2 Å². The number of fused-ring (bicyclic) bond motifs is 8. The van der Waals surface area contributed by atoms with Gasteiger partial charge in [0.05, 0.1) is 33.9 Å². The Bertz CT molecular complexity index is 3780. The van der Waals surface area contributed by atoms with Gasteiger partial charge in [-0.25, -0.2) is 14.7 Å². The molecule has 0 saturated carbocycles. The van der Waals surface area contributed by atoms with Crippen molar-refractivity contribution >= 4 is 56.6 Å². The Hall–Kier alpha value is -7.80. The molecule has 7 nitrogen and oxygen atoms in total. The van der Waals surface area contributed by atoms with Gasteiger partial charge in [-0.05, 0) is 64.8 Å². The molecule has 0 unspecified atom stereocenters. The monoisotopic (exact) mass is 1110 g/mol. The summed E-state index contributed by atoms with van der Waals surface area (Å²) in [5.74, 6) is -41.1. The molecule has 9 rings (SSSR count). The third-order valence-electron chi connectivity index (χ3n) is 12.3. The Morgan fingerprint density at radius 3 is 1.19 bits per heavy atom. The summed E-state index contributed by atoms with van der Waals surface area (Å²) in [4.78, 5) is 15.3. The predicted octanol–water partition coefficient (Wildman–Crippen LogP) is 16.1. The third kappa shape index (κ3) is 8.62. The number of aromatic nitrogens is 4. The SMILES string of the molecule is O=S(=O)(F)C(F)(F)C(F)(F)OC(F)(F)C(F)(F)C(F)(F)C(F)(F)C(F)(F)C(F)(F)c1cc2[nH]c1c(-c1ccccc1)c1nc(c(-c3ccccc3)c3nc(c(-c4ccccc4)c4ccc([nH]4)c2-c2ccccc2)C=C3)C=C1. The van der Waals surface area contributed by atoms with Crippen LogP contribution in [-0.4, -0.2) is 69.5 Å². The largest absolute Gasteiger partial charge is 0.464 e. The van der Waals surface area contributed by atoms with E-state index in [-0.39, 0.29) is 50.7 Å². The lowest BCUT2D eigenvalue weighted by molar-refractivity contribution is -0.500. The molecule has 400 valence electrons. The average molecular weight is 1110 g/mol. The maximum absolute atomic E-state index is 17.3. The zero-order chi connectivity index (χ0) is 55.9. The van der Waals surface area contributed by atoms with Crippen LogP contribution in [0.1, 0.15) is 28.3 Å². The second-order valence-electron chi connectivity index (χ2n) is 17.1. The molecular weight excluding hydrogens is 1080 g/mol. The molecule has 2 aliphatic rings. The second kappa shape index (κ2) is 18.5. The highest BCUT2D eigenvalue weighted by atomic mass is 32.3. The average Bonchev–Trinajstić information content (AvgIpc) is 4.33. The van der Waals surface area contributed by atoms with Crippen molar-refractivity contribution in [1.29, 1.82) is 0 Å². The van der Waals surface area contributed by atoms with E-state index in [1.165, 1.54) is 78.9 Å². The maximum atomic E-state index is 17.3. The normalized spacial score (nSPS) is 14.1. The lowest BCUT2D eigenvalue weighted by atomic mass is 9.89. The van der Waals surface area contributed by atoms with Crippen LogP contribution in [0.15, 0.2) is 140 Å². The number of nitrogens with zero attached hydrogens (tertiary/aromatic N) is 2. The van der Waals surface area contributed by atoms with Crippen molar-refractivity contribution in [2.75, 3.05) is 0 Å². The highest BCUT2D eigenvalue weighted by Gasteiger charge is 2.92. The van der Waals surface area contributed by atoms with Crippen molar-refractivity contribution in [3.05, 3.63) is 168 Å². The van der Waals surface area contributed by atoms with Crippen LogP contribution in [0.5, 0.6) is 0 Å². The molecule has 2 aliphatic heterocycles. The van der Waals surface area contributed by atoms with Crippen LogP contribution < -0.4 is 0 Å². The number of alkyl halides is 16. The van der Waals surface area contributed by atoms with Crippen molar-refractivity contribution in [2.45, 2.75) is 47.1 Å². The molecule has 0 saturated heterocycles. The molecule has 0 radical (unpaired) electrons.